The monoisotopic (exact) mass is 261 g/mol. The van der Waals surface area contributed by atoms with Crippen LogP contribution < -0.4 is 15.5 Å². The van der Waals surface area contributed by atoms with Gasteiger partial charge < -0.3 is 15.5 Å². The third-order valence-corrected chi connectivity index (χ3v) is 3.53. The van der Waals surface area contributed by atoms with Crippen molar-refractivity contribution in [2.75, 3.05) is 32.1 Å². The molecule has 1 aliphatic rings. The zero-order valence-corrected chi connectivity index (χ0v) is 11.9. The molecule has 0 aliphatic carbocycles. The average Bonchev–Trinajstić information content (AvgIpc) is 2.39. The first kappa shape index (κ1) is 13.9. The Morgan fingerprint density at radius 1 is 1.37 bits per heavy atom. The molecule has 2 atom stereocenters. The normalized spacial score (nSPS) is 22.9. The molecule has 4 heteroatoms. The summed E-state index contributed by atoms with van der Waals surface area (Å²) in [6.07, 6.45) is 1.05. The second-order valence-electron chi connectivity index (χ2n) is 5.61. The zero-order valence-electron chi connectivity index (χ0n) is 11.9. The Morgan fingerprint density at radius 2 is 2.16 bits per heavy atom. The molecule has 19 heavy (non-hydrogen) atoms. The molecular formula is C15H23N3O. The SMILES string of the molecule is CC1CNCC(NC(=O)c2cccc(N(C)C)c2)C1. The minimum atomic E-state index is 0.0181. The molecule has 1 aromatic rings. The molecule has 0 bridgehead atoms. The van der Waals surface area contributed by atoms with E-state index >= 15 is 0 Å². The number of carbonyl (C=O) groups excluding carboxylic acids is 1. The van der Waals surface area contributed by atoms with Crippen LogP contribution in [0.2, 0.25) is 0 Å². The molecule has 1 amide bonds. The number of amides is 1. The largest absolute Gasteiger partial charge is 0.378 e. The summed E-state index contributed by atoms with van der Waals surface area (Å²) in [6, 6.07) is 7.95. The van der Waals surface area contributed by atoms with Crippen molar-refractivity contribution in [1.82, 2.24) is 10.6 Å². The van der Waals surface area contributed by atoms with E-state index < -0.39 is 0 Å². The van der Waals surface area contributed by atoms with Gasteiger partial charge in [-0.1, -0.05) is 13.0 Å². The van der Waals surface area contributed by atoms with Crippen molar-refractivity contribution in [2.45, 2.75) is 19.4 Å². The fourth-order valence-electron chi connectivity index (χ4n) is 2.46. The number of nitrogens with one attached hydrogen (secondary N) is 2. The van der Waals surface area contributed by atoms with Crippen LogP contribution in [0, 0.1) is 5.92 Å². The predicted molar refractivity (Wildman–Crippen MR) is 78.7 cm³/mol. The summed E-state index contributed by atoms with van der Waals surface area (Å²) in [7, 11) is 3.95. The molecule has 0 spiro atoms. The summed E-state index contributed by atoms with van der Waals surface area (Å²) >= 11 is 0. The van der Waals surface area contributed by atoms with Crippen LogP contribution in [-0.2, 0) is 0 Å². The van der Waals surface area contributed by atoms with Gasteiger partial charge in [-0.2, -0.15) is 0 Å². The highest BCUT2D eigenvalue weighted by Crippen LogP contribution is 2.14. The predicted octanol–water partition coefficient (Wildman–Crippen LogP) is 1.48. The number of piperidine rings is 1. The number of carbonyl (C=O) groups is 1. The highest BCUT2D eigenvalue weighted by atomic mass is 16.1. The second kappa shape index (κ2) is 6.06. The van der Waals surface area contributed by atoms with Crippen LogP contribution in [0.3, 0.4) is 0 Å². The second-order valence-corrected chi connectivity index (χ2v) is 5.61. The Labute approximate surface area is 115 Å². The Bertz CT molecular complexity index is 445. The maximum Gasteiger partial charge on any atom is 0.251 e. The van der Waals surface area contributed by atoms with E-state index in [0.29, 0.717) is 5.92 Å². The molecule has 2 rings (SSSR count). The van der Waals surface area contributed by atoms with Gasteiger partial charge >= 0.3 is 0 Å². The number of hydrogen-bond acceptors (Lipinski definition) is 3. The Kier molecular flexibility index (Phi) is 4.43. The van der Waals surface area contributed by atoms with E-state index in [-0.39, 0.29) is 11.9 Å². The molecule has 1 aliphatic heterocycles. The smallest absolute Gasteiger partial charge is 0.251 e. The molecule has 0 aromatic heterocycles. The third-order valence-electron chi connectivity index (χ3n) is 3.53. The van der Waals surface area contributed by atoms with E-state index in [1.165, 1.54) is 0 Å². The van der Waals surface area contributed by atoms with Gasteiger partial charge in [0, 0.05) is 37.9 Å². The minimum Gasteiger partial charge on any atom is -0.378 e. The topological polar surface area (TPSA) is 44.4 Å². The molecule has 1 heterocycles. The summed E-state index contributed by atoms with van der Waals surface area (Å²) in [5.41, 5.74) is 1.77. The number of rotatable bonds is 3. The van der Waals surface area contributed by atoms with Crippen molar-refractivity contribution in [2.24, 2.45) is 5.92 Å². The summed E-state index contributed by atoms with van der Waals surface area (Å²) in [5.74, 6) is 0.636. The maximum atomic E-state index is 12.2. The van der Waals surface area contributed by atoms with E-state index in [2.05, 4.69) is 17.6 Å². The lowest BCUT2D eigenvalue weighted by Gasteiger charge is -2.28. The van der Waals surface area contributed by atoms with Gasteiger partial charge in [0.25, 0.3) is 5.91 Å². The van der Waals surface area contributed by atoms with Crippen molar-refractivity contribution in [3.05, 3.63) is 29.8 Å². The van der Waals surface area contributed by atoms with Gasteiger partial charge in [-0.3, -0.25) is 4.79 Å². The first-order chi connectivity index (χ1) is 9.06. The number of hydrogen-bond donors (Lipinski definition) is 2. The lowest BCUT2D eigenvalue weighted by molar-refractivity contribution is 0.0925. The van der Waals surface area contributed by atoms with Gasteiger partial charge in [0.1, 0.15) is 0 Å². The van der Waals surface area contributed by atoms with Crippen molar-refractivity contribution in [1.29, 1.82) is 0 Å². The Hall–Kier alpha value is -1.55. The minimum absolute atomic E-state index is 0.0181. The molecule has 0 saturated carbocycles. The van der Waals surface area contributed by atoms with Crippen LogP contribution in [0.25, 0.3) is 0 Å². The van der Waals surface area contributed by atoms with Gasteiger partial charge in [-0.05, 0) is 37.1 Å². The molecular weight excluding hydrogens is 238 g/mol. The van der Waals surface area contributed by atoms with Crippen LogP contribution in [-0.4, -0.2) is 39.1 Å². The molecule has 2 N–H and O–H groups in total. The van der Waals surface area contributed by atoms with Crippen molar-refractivity contribution < 1.29 is 4.79 Å². The number of nitrogens with zero attached hydrogens (tertiary/aromatic N) is 1. The Balaban J connectivity index is 2.01. The van der Waals surface area contributed by atoms with Gasteiger partial charge in [0.2, 0.25) is 0 Å². The van der Waals surface area contributed by atoms with Gasteiger partial charge in [-0.15, -0.1) is 0 Å². The maximum absolute atomic E-state index is 12.2. The summed E-state index contributed by atoms with van der Waals surface area (Å²) in [6.45, 7) is 4.11. The molecule has 4 nitrogen and oxygen atoms in total. The fourth-order valence-corrected chi connectivity index (χ4v) is 2.46. The average molecular weight is 261 g/mol. The van der Waals surface area contributed by atoms with Crippen LogP contribution in [0.15, 0.2) is 24.3 Å². The van der Waals surface area contributed by atoms with E-state index in [1.54, 1.807) is 0 Å². The summed E-state index contributed by atoms with van der Waals surface area (Å²) in [4.78, 5) is 14.2. The van der Waals surface area contributed by atoms with E-state index in [1.807, 2.05) is 43.3 Å². The highest BCUT2D eigenvalue weighted by Gasteiger charge is 2.20. The summed E-state index contributed by atoms with van der Waals surface area (Å²) < 4.78 is 0. The lowest BCUT2D eigenvalue weighted by Crippen LogP contribution is -2.48. The fraction of sp³-hybridized carbons (Fsp3) is 0.533. The van der Waals surface area contributed by atoms with Crippen molar-refractivity contribution in [3.8, 4) is 0 Å². The highest BCUT2D eigenvalue weighted by molar-refractivity contribution is 5.95. The van der Waals surface area contributed by atoms with E-state index in [4.69, 9.17) is 0 Å². The first-order valence-electron chi connectivity index (χ1n) is 6.85. The summed E-state index contributed by atoms with van der Waals surface area (Å²) in [5, 5.41) is 6.46. The molecule has 1 aromatic carbocycles. The van der Waals surface area contributed by atoms with Crippen LogP contribution in [0.4, 0.5) is 5.69 Å². The van der Waals surface area contributed by atoms with Gasteiger partial charge in [-0.25, -0.2) is 0 Å². The third kappa shape index (κ3) is 3.70. The zero-order chi connectivity index (χ0) is 13.8. The van der Waals surface area contributed by atoms with Crippen LogP contribution in [0.5, 0.6) is 0 Å². The molecule has 1 saturated heterocycles. The van der Waals surface area contributed by atoms with Crippen molar-refractivity contribution in [3.63, 3.8) is 0 Å². The van der Waals surface area contributed by atoms with Gasteiger partial charge in [0.15, 0.2) is 0 Å². The van der Waals surface area contributed by atoms with Crippen LogP contribution >= 0.6 is 0 Å². The molecule has 1 fully saturated rings. The Morgan fingerprint density at radius 3 is 2.84 bits per heavy atom. The lowest BCUT2D eigenvalue weighted by atomic mass is 9.97. The van der Waals surface area contributed by atoms with E-state index in [0.717, 1.165) is 30.8 Å². The molecule has 104 valence electrons. The standard InChI is InChI=1S/C15H23N3O/c1-11-7-13(10-16-9-11)17-15(19)12-5-4-6-14(8-12)18(2)3/h4-6,8,11,13,16H,7,9-10H2,1-3H3,(H,17,19). The van der Waals surface area contributed by atoms with Crippen molar-refractivity contribution >= 4 is 11.6 Å². The molecule has 2 unspecified atom stereocenters. The first-order valence-corrected chi connectivity index (χ1v) is 6.85. The molecule has 0 radical (unpaired) electrons. The number of anilines is 1. The van der Waals surface area contributed by atoms with E-state index in [9.17, 15) is 4.79 Å². The quantitative estimate of drug-likeness (QED) is 0.866. The van der Waals surface area contributed by atoms with Gasteiger partial charge in [0.05, 0.1) is 0 Å². The number of benzene rings is 1. The van der Waals surface area contributed by atoms with Crippen LogP contribution in [0.1, 0.15) is 23.7 Å².